The third-order valence-electron chi connectivity index (χ3n) is 3.69. The van der Waals surface area contributed by atoms with Crippen LogP contribution in [-0.4, -0.2) is 21.1 Å². The van der Waals surface area contributed by atoms with E-state index in [1.54, 1.807) is 17.6 Å². The lowest BCUT2D eigenvalue weighted by Crippen LogP contribution is -2.32. The van der Waals surface area contributed by atoms with Gasteiger partial charge in [-0.2, -0.15) is 5.10 Å². The average molecular weight is 246 g/mol. The van der Waals surface area contributed by atoms with Crippen molar-refractivity contribution >= 4 is 5.65 Å². The van der Waals surface area contributed by atoms with Crippen LogP contribution in [0.2, 0.25) is 0 Å². The quantitative estimate of drug-likeness (QED) is 0.799. The van der Waals surface area contributed by atoms with Crippen molar-refractivity contribution in [3.63, 3.8) is 0 Å². The second kappa shape index (κ2) is 4.24. The summed E-state index contributed by atoms with van der Waals surface area (Å²) in [5.74, 6) is 0.736. The fraction of sp³-hybridized carbons (Fsp3) is 0.538. The molecule has 2 aromatic rings. The number of nitrogens with one attached hydrogen (secondary N) is 2. The fourth-order valence-electron chi connectivity index (χ4n) is 2.48. The van der Waals surface area contributed by atoms with Gasteiger partial charge in [0.25, 0.3) is 5.56 Å². The monoisotopic (exact) mass is 246 g/mol. The zero-order valence-electron chi connectivity index (χ0n) is 10.7. The number of H-pyrrole nitrogens is 1. The molecule has 5 heteroatoms. The summed E-state index contributed by atoms with van der Waals surface area (Å²) in [6.07, 6.45) is 4.11. The second-order valence-corrected chi connectivity index (χ2v) is 5.31. The molecular weight excluding hydrogens is 228 g/mol. The number of piperidine rings is 1. The molecule has 0 radical (unpaired) electrons. The van der Waals surface area contributed by atoms with E-state index in [1.807, 2.05) is 6.07 Å². The van der Waals surface area contributed by atoms with Gasteiger partial charge in [0.15, 0.2) is 0 Å². The van der Waals surface area contributed by atoms with Gasteiger partial charge in [-0.15, -0.1) is 0 Å². The highest BCUT2D eigenvalue weighted by Gasteiger charge is 2.21. The smallest absolute Gasteiger partial charge is 0.254 e. The van der Waals surface area contributed by atoms with Crippen LogP contribution in [0.15, 0.2) is 17.1 Å². The van der Waals surface area contributed by atoms with Crippen LogP contribution in [0.5, 0.6) is 0 Å². The Morgan fingerprint density at radius 3 is 3.00 bits per heavy atom. The Morgan fingerprint density at radius 2 is 2.28 bits per heavy atom. The molecule has 2 aromatic heterocycles. The number of aromatic nitrogens is 3. The van der Waals surface area contributed by atoms with Crippen LogP contribution in [0, 0.1) is 12.8 Å². The lowest BCUT2D eigenvalue weighted by molar-refractivity contribution is 0.328. The first-order valence-electron chi connectivity index (χ1n) is 6.46. The molecular formula is C13H18N4O. The molecule has 2 atom stereocenters. The van der Waals surface area contributed by atoms with Crippen LogP contribution in [0.25, 0.3) is 5.65 Å². The maximum absolute atomic E-state index is 11.5. The minimum absolute atomic E-state index is 0.0424. The standard InChI is InChI=1S/C13H18N4O/c1-8-3-4-10(14-6-8)11-5-12-15-13(18)9(2)7-17(12)16-11/h5,7-8,10,14H,3-4,6H2,1-2H3,(H,15,18). The summed E-state index contributed by atoms with van der Waals surface area (Å²) in [5.41, 5.74) is 2.42. The van der Waals surface area contributed by atoms with Crippen LogP contribution >= 0.6 is 0 Å². The fourth-order valence-corrected chi connectivity index (χ4v) is 2.48. The van der Waals surface area contributed by atoms with Gasteiger partial charge < -0.3 is 10.3 Å². The van der Waals surface area contributed by atoms with Crippen LogP contribution in [0.1, 0.15) is 37.1 Å². The van der Waals surface area contributed by atoms with Crippen molar-refractivity contribution in [2.24, 2.45) is 5.92 Å². The normalized spacial score (nSPS) is 24.6. The first-order chi connectivity index (χ1) is 8.63. The lowest BCUT2D eigenvalue weighted by atomic mass is 9.95. The molecule has 0 amide bonds. The first-order valence-corrected chi connectivity index (χ1v) is 6.46. The predicted molar refractivity (Wildman–Crippen MR) is 69.7 cm³/mol. The highest BCUT2D eigenvalue weighted by Crippen LogP contribution is 2.24. The second-order valence-electron chi connectivity index (χ2n) is 5.31. The minimum atomic E-state index is -0.0424. The summed E-state index contributed by atoms with van der Waals surface area (Å²) in [6.45, 7) is 5.09. The molecule has 3 rings (SSSR count). The number of rotatable bonds is 1. The van der Waals surface area contributed by atoms with Crippen LogP contribution in [-0.2, 0) is 0 Å². The van der Waals surface area contributed by atoms with E-state index in [-0.39, 0.29) is 5.56 Å². The van der Waals surface area contributed by atoms with Gasteiger partial charge in [-0.3, -0.25) is 4.79 Å². The summed E-state index contributed by atoms with van der Waals surface area (Å²) < 4.78 is 1.76. The molecule has 2 N–H and O–H groups in total. The largest absolute Gasteiger partial charge is 0.308 e. The van der Waals surface area contributed by atoms with Crippen molar-refractivity contribution < 1.29 is 0 Å². The van der Waals surface area contributed by atoms with Crippen molar-refractivity contribution in [2.75, 3.05) is 6.54 Å². The molecule has 1 aliphatic heterocycles. The van der Waals surface area contributed by atoms with Gasteiger partial charge in [-0.25, -0.2) is 4.52 Å². The van der Waals surface area contributed by atoms with E-state index in [4.69, 9.17) is 0 Å². The van der Waals surface area contributed by atoms with Gasteiger partial charge >= 0.3 is 0 Å². The molecule has 5 nitrogen and oxygen atoms in total. The maximum Gasteiger partial charge on any atom is 0.254 e. The number of hydrogen-bond acceptors (Lipinski definition) is 3. The molecule has 3 heterocycles. The molecule has 0 aromatic carbocycles. The van der Waals surface area contributed by atoms with Crippen molar-refractivity contribution in [1.82, 2.24) is 19.9 Å². The van der Waals surface area contributed by atoms with Crippen molar-refractivity contribution in [3.05, 3.63) is 33.9 Å². The van der Waals surface area contributed by atoms with E-state index < -0.39 is 0 Å². The zero-order chi connectivity index (χ0) is 12.7. The molecule has 2 unspecified atom stereocenters. The Balaban J connectivity index is 1.96. The first kappa shape index (κ1) is 11.5. The lowest BCUT2D eigenvalue weighted by Gasteiger charge is -2.26. The van der Waals surface area contributed by atoms with Crippen molar-refractivity contribution in [1.29, 1.82) is 0 Å². The Kier molecular flexibility index (Phi) is 2.70. The summed E-state index contributed by atoms with van der Waals surface area (Å²) in [4.78, 5) is 14.4. The van der Waals surface area contributed by atoms with Gasteiger partial charge in [-0.1, -0.05) is 6.92 Å². The number of aromatic amines is 1. The summed E-state index contributed by atoms with van der Waals surface area (Å²) in [7, 11) is 0. The summed E-state index contributed by atoms with van der Waals surface area (Å²) in [5, 5.41) is 8.05. The minimum Gasteiger partial charge on any atom is -0.308 e. The van der Waals surface area contributed by atoms with E-state index in [0.29, 0.717) is 11.6 Å². The third kappa shape index (κ3) is 1.95. The Labute approximate surface area is 105 Å². The number of aryl methyl sites for hydroxylation is 1. The van der Waals surface area contributed by atoms with Crippen LogP contribution in [0.4, 0.5) is 0 Å². The van der Waals surface area contributed by atoms with Gasteiger partial charge in [0.05, 0.1) is 11.7 Å². The third-order valence-corrected chi connectivity index (χ3v) is 3.69. The maximum atomic E-state index is 11.5. The molecule has 0 aliphatic carbocycles. The highest BCUT2D eigenvalue weighted by atomic mass is 16.1. The SMILES string of the molecule is Cc1cn2nc(C3CCC(C)CN3)cc2[nH]c1=O. The Hall–Kier alpha value is -1.62. The number of fused-ring (bicyclic) bond motifs is 1. The average Bonchev–Trinajstić information content (AvgIpc) is 2.73. The Morgan fingerprint density at radius 1 is 1.44 bits per heavy atom. The van der Waals surface area contributed by atoms with E-state index in [0.717, 1.165) is 30.2 Å². The van der Waals surface area contributed by atoms with Gasteiger partial charge in [-0.05, 0) is 32.2 Å². The molecule has 0 bridgehead atoms. The molecule has 0 saturated carbocycles. The Bertz CT molecular complexity index is 619. The molecule has 96 valence electrons. The van der Waals surface area contributed by atoms with Gasteiger partial charge in [0, 0.05) is 17.8 Å². The van der Waals surface area contributed by atoms with E-state index in [2.05, 4.69) is 22.3 Å². The van der Waals surface area contributed by atoms with E-state index in [1.165, 1.54) is 6.42 Å². The molecule has 1 fully saturated rings. The molecule has 1 saturated heterocycles. The summed E-state index contributed by atoms with van der Waals surface area (Å²) >= 11 is 0. The van der Waals surface area contributed by atoms with Gasteiger partial charge in [0.1, 0.15) is 5.65 Å². The van der Waals surface area contributed by atoms with E-state index in [9.17, 15) is 4.79 Å². The topological polar surface area (TPSA) is 62.2 Å². The van der Waals surface area contributed by atoms with E-state index >= 15 is 0 Å². The highest BCUT2D eigenvalue weighted by molar-refractivity contribution is 5.40. The summed E-state index contributed by atoms with van der Waals surface area (Å²) in [6, 6.07) is 2.28. The molecule has 18 heavy (non-hydrogen) atoms. The zero-order valence-corrected chi connectivity index (χ0v) is 10.7. The van der Waals surface area contributed by atoms with Gasteiger partial charge in [0.2, 0.25) is 0 Å². The van der Waals surface area contributed by atoms with Crippen LogP contribution in [0.3, 0.4) is 0 Å². The van der Waals surface area contributed by atoms with Crippen LogP contribution < -0.4 is 10.9 Å². The number of hydrogen-bond donors (Lipinski definition) is 2. The molecule has 1 aliphatic rings. The number of nitrogens with zero attached hydrogens (tertiary/aromatic N) is 2. The molecule has 0 spiro atoms. The predicted octanol–water partition coefficient (Wildman–Crippen LogP) is 1.39. The van der Waals surface area contributed by atoms with Crippen molar-refractivity contribution in [2.45, 2.75) is 32.7 Å². The van der Waals surface area contributed by atoms with Crippen molar-refractivity contribution in [3.8, 4) is 0 Å².